The van der Waals surface area contributed by atoms with Crippen LogP contribution in [-0.2, 0) is 19.8 Å². The fraction of sp³-hybridized carbons (Fsp3) is 0.368. The van der Waals surface area contributed by atoms with Crippen molar-refractivity contribution in [2.45, 2.75) is 39.2 Å². The minimum absolute atomic E-state index is 0.0107. The molecule has 0 spiro atoms. The van der Waals surface area contributed by atoms with E-state index in [2.05, 4.69) is 26.1 Å². The number of thioether (sulfide) groups is 1. The predicted octanol–water partition coefficient (Wildman–Crippen LogP) is 2.61. The molecule has 144 valence electrons. The highest BCUT2D eigenvalue weighted by molar-refractivity contribution is 8.18. The second kappa shape index (κ2) is 7.96. The smallest absolute Gasteiger partial charge is 0.325 e. The molecule has 0 radical (unpaired) electrons. The van der Waals surface area contributed by atoms with Crippen molar-refractivity contribution < 1.29 is 24.3 Å². The highest BCUT2D eigenvalue weighted by Gasteiger charge is 2.36. The van der Waals surface area contributed by atoms with E-state index in [0.29, 0.717) is 0 Å². The minimum atomic E-state index is -1.20. The maximum Gasteiger partial charge on any atom is 0.325 e. The van der Waals surface area contributed by atoms with E-state index >= 15 is 0 Å². The lowest BCUT2D eigenvalue weighted by Crippen LogP contribution is -2.45. The molecular weight excluding hydrogens is 368 g/mol. The van der Waals surface area contributed by atoms with E-state index in [1.165, 1.54) is 6.92 Å². The standard InChI is InChI=1S/C19H22N2O5S/c1-11(17(24)25)20-15(22)10-21-16(23)14(27-18(21)26)9-12-5-7-13(8-6-12)19(2,3)4/h5-9,11H,10H2,1-4H3,(H,20,22)(H,24,25)/b14-9-. The van der Waals surface area contributed by atoms with Gasteiger partial charge in [-0.15, -0.1) is 0 Å². The van der Waals surface area contributed by atoms with Gasteiger partial charge in [-0.3, -0.25) is 24.1 Å². The molecule has 0 bridgehead atoms. The first-order valence-corrected chi connectivity index (χ1v) is 9.19. The zero-order valence-electron chi connectivity index (χ0n) is 15.6. The van der Waals surface area contributed by atoms with Gasteiger partial charge in [0.25, 0.3) is 11.1 Å². The molecule has 2 rings (SSSR count). The van der Waals surface area contributed by atoms with Crippen molar-refractivity contribution in [1.29, 1.82) is 0 Å². The van der Waals surface area contributed by atoms with Crippen LogP contribution in [0.5, 0.6) is 0 Å². The van der Waals surface area contributed by atoms with Crippen molar-refractivity contribution in [2.24, 2.45) is 0 Å². The first kappa shape index (κ1) is 20.7. The van der Waals surface area contributed by atoms with E-state index in [1.54, 1.807) is 6.08 Å². The first-order valence-electron chi connectivity index (χ1n) is 8.37. The molecule has 2 N–H and O–H groups in total. The van der Waals surface area contributed by atoms with Crippen LogP contribution in [0.3, 0.4) is 0 Å². The van der Waals surface area contributed by atoms with Crippen molar-refractivity contribution in [2.75, 3.05) is 6.54 Å². The number of carboxylic acid groups (broad SMARTS) is 1. The number of nitrogens with zero attached hydrogens (tertiary/aromatic N) is 1. The molecule has 1 unspecified atom stereocenters. The molecule has 1 fully saturated rings. The molecule has 1 heterocycles. The van der Waals surface area contributed by atoms with E-state index < -0.39 is 35.6 Å². The van der Waals surface area contributed by atoms with Gasteiger partial charge in [0, 0.05) is 0 Å². The van der Waals surface area contributed by atoms with Gasteiger partial charge in [-0.25, -0.2) is 0 Å². The molecule has 1 saturated heterocycles. The monoisotopic (exact) mass is 390 g/mol. The zero-order valence-corrected chi connectivity index (χ0v) is 16.4. The van der Waals surface area contributed by atoms with Crippen LogP contribution in [0.4, 0.5) is 4.79 Å². The third-order valence-electron chi connectivity index (χ3n) is 4.00. The van der Waals surface area contributed by atoms with Crippen LogP contribution in [0.25, 0.3) is 6.08 Å². The van der Waals surface area contributed by atoms with Gasteiger partial charge in [-0.05, 0) is 41.3 Å². The van der Waals surface area contributed by atoms with Crippen LogP contribution in [-0.4, -0.2) is 45.6 Å². The largest absolute Gasteiger partial charge is 0.480 e. The highest BCUT2D eigenvalue weighted by atomic mass is 32.2. The lowest BCUT2D eigenvalue weighted by molar-refractivity contribution is -0.141. The van der Waals surface area contributed by atoms with Gasteiger partial charge in [-0.1, -0.05) is 45.0 Å². The summed E-state index contributed by atoms with van der Waals surface area (Å²) in [6.45, 7) is 7.09. The quantitative estimate of drug-likeness (QED) is 0.749. The molecular formula is C19H22N2O5S. The molecule has 1 aromatic rings. The van der Waals surface area contributed by atoms with E-state index in [4.69, 9.17) is 5.11 Å². The van der Waals surface area contributed by atoms with E-state index in [0.717, 1.165) is 27.8 Å². The minimum Gasteiger partial charge on any atom is -0.480 e. The Bertz CT molecular complexity index is 808. The number of carbonyl (C=O) groups excluding carboxylic acids is 3. The summed E-state index contributed by atoms with van der Waals surface area (Å²) >= 11 is 0.756. The van der Waals surface area contributed by atoms with Crippen LogP contribution in [0, 0.1) is 0 Å². The third-order valence-corrected chi connectivity index (χ3v) is 4.91. The van der Waals surface area contributed by atoms with E-state index in [1.807, 2.05) is 24.3 Å². The summed E-state index contributed by atoms with van der Waals surface area (Å²) in [6, 6.07) is 6.58. The zero-order chi connectivity index (χ0) is 20.4. The molecule has 0 aromatic heterocycles. The van der Waals surface area contributed by atoms with Crippen molar-refractivity contribution in [3.8, 4) is 0 Å². The number of benzene rings is 1. The lowest BCUT2D eigenvalue weighted by Gasteiger charge is -2.18. The van der Waals surface area contributed by atoms with Crippen LogP contribution < -0.4 is 5.32 Å². The van der Waals surface area contributed by atoms with Gasteiger partial charge >= 0.3 is 5.97 Å². The molecule has 1 aromatic carbocycles. The van der Waals surface area contributed by atoms with Gasteiger partial charge in [0.15, 0.2) is 0 Å². The second-order valence-electron chi connectivity index (χ2n) is 7.27. The Morgan fingerprint density at radius 3 is 2.33 bits per heavy atom. The van der Waals surface area contributed by atoms with Crippen LogP contribution in [0.1, 0.15) is 38.8 Å². The maximum absolute atomic E-state index is 12.4. The number of nitrogens with one attached hydrogen (secondary N) is 1. The van der Waals surface area contributed by atoms with Crippen molar-refractivity contribution in [3.05, 3.63) is 40.3 Å². The number of imide groups is 1. The second-order valence-corrected chi connectivity index (χ2v) is 8.26. The molecule has 3 amide bonds. The first-order chi connectivity index (χ1) is 12.5. The fourth-order valence-electron chi connectivity index (χ4n) is 2.36. The number of carboxylic acids is 1. The lowest BCUT2D eigenvalue weighted by atomic mass is 9.87. The Labute approximate surface area is 161 Å². The van der Waals surface area contributed by atoms with Crippen molar-refractivity contribution >= 4 is 40.9 Å². The Morgan fingerprint density at radius 1 is 1.22 bits per heavy atom. The SMILES string of the molecule is CC(NC(=O)CN1C(=O)S/C(=C\c2ccc(C(C)(C)C)cc2)C1=O)C(=O)O. The van der Waals surface area contributed by atoms with Gasteiger partial charge in [0.1, 0.15) is 12.6 Å². The Hall–Kier alpha value is -2.61. The highest BCUT2D eigenvalue weighted by Crippen LogP contribution is 2.32. The summed E-state index contributed by atoms with van der Waals surface area (Å²) in [6.07, 6.45) is 1.61. The normalized spacial score (nSPS) is 17.3. The Balaban J connectivity index is 2.09. The van der Waals surface area contributed by atoms with Crippen LogP contribution >= 0.6 is 11.8 Å². The predicted molar refractivity (Wildman–Crippen MR) is 103 cm³/mol. The number of hydrogen-bond acceptors (Lipinski definition) is 5. The van der Waals surface area contributed by atoms with Crippen molar-refractivity contribution in [3.63, 3.8) is 0 Å². The fourth-order valence-corrected chi connectivity index (χ4v) is 3.20. The number of amides is 3. The van der Waals surface area contributed by atoms with Crippen LogP contribution in [0.2, 0.25) is 0 Å². The molecule has 0 saturated carbocycles. The third kappa shape index (κ3) is 5.19. The topological polar surface area (TPSA) is 104 Å². The van der Waals surface area contributed by atoms with E-state index in [9.17, 15) is 19.2 Å². The number of aliphatic carboxylic acids is 1. The molecule has 1 aliphatic rings. The average Bonchev–Trinajstić information content (AvgIpc) is 2.82. The summed E-state index contributed by atoms with van der Waals surface area (Å²) in [4.78, 5) is 48.1. The maximum atomic E-state index is 12.4. The summed E-state index contributed by atoms with van der Waals surface area (Å²) < 4.78 is 0. The van der Waals surface area contributed by atoms with Gasteiger partial charge in [0.05, 0.1) is 4.91 Å². The van der Waals surface area contributed by atoms with Gasteiger partial charge < -0.3 is 10.4 Å². The number of carbonyl (C=O) groups is 4. The van der Waals surface area contributed by atoms with Gasteiger partial charge in [0.2, 0.25) is 5.91 Å². The summed E-state index contributed by atoms with van der Waals surface area (Å²) in [7, 11) is 0. The number of rotatable bonds is 5. The van der Waals surface area contributed by atoms with Crippen molar-refractivity contribution in [1.82, 2.24) is 10.2 Å². The Kier molecular flexibility index (Phi) is 6.10. The Morgan fingerprint density at radius 2 is 1.81 bits per heavy atom. The molecule has 1 atom stereocenters. The summed E-state index contributed by atoms with van der Waals surface area (Å²) in [5, 5.41) is 10.5. The molecule has 7 nitrogen and oxygen atoms in total. The van der Waals surface area contributed by atoms with Gasteiger partial charge in [-0.2, -0.15) is 0 Å². The van der Waals surface area contributed by atoms with Crippen LogP contribution in [0.15, 0.2) is 29.2 Å². The molecule has 0 aliphatic carbocycles. The molecule has 1 aliphatic heterocycles. The summed E-state index contributed by atoms with van der Waals surface area (Å²) in [5.41, 5.74) is 1.94. The molecule has 27 heavy (non-hydrogen) atoms. The average molecular weight is 390 g/mol. The summed E-state index contributed by atoms with van der Waals surface area (Å²) in [5.74, 6) is -2.47. The molecule has 8 heteroatoms. The number of hydrogen-bond donors (Lipinski definition) is 2. The van der Waals surface area contributed by atoms with E-state index in [-0.39, 0.29) is 10.3 Å².